The molecule has 3 N–H and O–H groups in total. The number of rotatable bonds is 10. The van der Waals surface area contributed by atoms with Crippen molar-refractivity contribution in [2.45, 2.75) is 114 Å². The highest BCUT2D eigenvalue weighted by Gasteiger charge is 2.44. The summed E-state index contributed by atoms with van der Waals surface area (Å²) in [7, 11) is 7.03. The van der Waals surface area contributed by atoms with Crippen molar-refractivity contribution in [3.8, 4) is 0 Å². The van der Waals surface area contributed by atoms with Crippen LogP contribution in [0.15, 0.2) is 61.2 Å². The Hall–Kier alpha value is -7.83. The van der Waals surface area contributed by atoms with Crippen LogP contribution in [0, 0.1) is 0 Å². The van der Waals surface area contributed by atoms with E-state index in [1.54, 1.807) is 90.6 Å². The van der Waals surface area contributed by atoms with Crippen molar-refractivity contribution in [3.63, 3.8) is 0 Å². The maximum Gasteiger partial charge on any atom is 0.411 e. The van der Waals surface area contributed by atoms with Gasteiger partial charge in [0.25, 0.3) is 23.6 Å². The molecule has 4 saturated heterocycles. The Bertz CT molecular complexity index is 3280. The van der Waals surface area contributed by atoms with Gasteiger partial charge >= 0.3 is 6.09 Å². The molecule has 4 unspecified atom stereocenters. The molecule has 0 radical (unpaired) electrons. The van der Waals surface area contributed by atoms with Crippen LogP contribution in [0.2, 0.25) is 0 Å². The summed E-state index contributed by atoms with van der Waals surface area (Å²) < 4.78 is 21.0. The Morgan fingerprint density at radius 3 is 1.42 bits per heavy atom. The summed E-state index contributed by atoms with van der Waals surface area (Å²) in [5.41, 5.74) is 3.10. The summed E-state index contributed by atoms with van der Waals surface area (Å²) in [4.78, 5) is 101. The molecule has 2 aliphatic carbocycles. The number of morpholine rings is 2. The summed E-state index contributed by atoms with van der Waals surface area (Å²) in [6.45, 7) is 9.41. The number of nitrogens with one attached hydrogen (secondary N) is 3. The minimum absolute atomic E-state index is 0.0254. The third-order valence-corrected chi connectivity index (χ3v) is 15.7. The van der Waals surface area contributed by atoms with E-state index in [1.807, 2.05) is 37.8 Å². The lowest BCUT2D eigenvalue weighted by molar-refractivity contribution is -0.0914. The van der Waals surface area contributed by atoms with E-state index in [1.165, 1.54) is 6.20 Å². The summed E-state index contributed by atoms with van der Waals surface area (Å²) in [5, 5.41) is 11.4. The first-order valence-corrected chi connectivity index (χ1v) is 28.1. The largest absolute Gasteiger partial charge is 0.444 e. The lowest BCUT2D eigenvalue weighted by atomic mass is 10.0. The maximum absolute atomic E-state index is 13.5. The molecule has 6 aromatic heterocycles. The van der Waals surface area contributed by atoms with E-state index in [2.05, 4.69) is 45.0 Å². The van der Waals surface area contributed by atoms with Gasteiger partial charge in [-0.15, -0.1) is 0 Å². The van der Waals surface area contributed by atoms with Gasteiger partial charge in [0.1, 0.15) is 39.9 Å². The highest BCUT2D eigenvalue weighted by Crippen LogP contribution is 2.37. The average molecular weight is 1110 g/mol. The standard InChI is InChI=1S/C31H40N8O5.C26H32N8O3/c1-31(2,3)44-30(42)38-22-15-37(16-23(38)18-43-17-22)27(40)19-10-11-25(32-13-19)34-29-33-14-20-12-24(28(41)36(4)5)39(26(20)35-29)21-8-6-7-9-21;1-32(2)25(36)21-9-17-11-28-26(31-23(17)34(21)20-5-3-4-6-20)30-22-8-7-16(10-27-22)24(35)33-12-18-14-37-15-19(13-33)29-18/h10-14,21-23H,6-9,15-18H2,1-5H3,(H,32,33,34,35);7-11,18-20,29H,3-6,12-15H2,1-2H3,(H,27,28,30,31). The van der Waals surface area contributed by atoms with Gasteiger partial charge in [-0.1, -0.05) is 25.7 Å². The molecule has 6 aromatic rings. The van der Waals surface area contributed by atoms with Gasteiger partial charge < -0.3 is 58.9 Å². The molecule has 6 fully saturated rings. The molecule has 2 saturated carbocycles. The number of piperazine rings is 2. The number of nitrogens with zero attached hydrogens (tertiary/aromatic N) is 13. The van der Waals surface area contributed by atoms with E-state index >= 15 is 0 Å². The van der Waals surface area contributed by atoms with Crippen molar-refractivity contribution in [3.05, 3.63) is 83.7 Å². The van der Waals surface area contributed by atoms with Crippen LogP contribution in [0.4, 0.5) is 28.3 Å². The second-order valence-electron chi connectivity index (χ2n) is 23.4. The summed E-state index contributed by atoms with van der Waals surface area (Å²) >= 11 is 0. The maximum atomic E-state index is 13.5. The van der Waals surface area contributed by atoms with Crippen LogP contribution in [0.25, 0.3) is 22.1 Å². The number of carbonyl (C=O) groups is 5. The van der Waals surface area contributed by atoms with E-state index in [0.717, 1.165) is 67.8 Å². The highest BCUT2D eigenvalue weighted by molar-refractivity contribution is 5.99. The molecule has 12 rings (SSSR count). The second kappa shape index (κ2) is 23.0. The highest BCUT2D eigenvalue weighted by atomic mass is 16.6. The molecule has 10 heterocycles. The zero-order chi connectivity index (χ0) is 56.7. The predicted molar refractivity (Wildman–Crippen MR) is 301 cm³/mol. The van der Waals surface area contributed by atoms with Crippen molar-refractivity contribution in [1.29, 1.82) is 0 Å². The monoisotopic (exact) mass is 1110 g/mol. The number of aromatic nitrogens is 8. The fourth-order valence-electron chi connectivity index (χ4n) is 12.0. The molecular formula is C57H72N16O8. The van der Waals surface area contributed by atoms with E-state index in [9.17, 15) is 24.0 Å². The number of hydrogen-bond donors (Lipinski definition) is 3. The Labute approximate surface area is 469 Å². The van der Waals surface area contributed by atoms with Gasteiger partial charge in [-0.3, -0.25) is 24.1 Å². The molecular weight excluding hydrogens is 1040 g/mol. The Kier molecular flexibility index (Phi) is 15.6. The molecule has 4 aliphatic heterocycles. The number of hydrogen-bond acceptors (Lipinski definition) is 17. The van der Waals surface area contributed by atoms with E-state index < -0.39 is 5.60 Å². The quantitative estimate of drug-likeness (QED) is 0.141. The summed E-state index contributed by atoms with van der Waals surface area (Å²) in [5.74, 6) is 1.51. The minimum atomic E-state index is -0.605. The van der Waals surface area contributed by atoms with Gasteiger partial charge in [-0.25, -0.2) is 24.7 Å². The molecule has 428 valence electrons. The van der Waals surface area contributed by atoms with Crippen LogP contribution >= 0.6 is 0 Å². The van der Waals surface area contributed by atoms with E-state index in [0.29, 0.717) is 104 Å². The van der Waals surface area contributed by atoms with Crippen LogP contribution in [0.5, 0.6) is 0 Å². The number of fused-ring (bicyclic) bond motifs is 6. The van der Waals surface area contributed by atoms with Crippen LogP contribution in [-0.4, -0.2) is 204 Å². The lowest BCUT2D eigenvalue weighted by Crippen LogP contribution is -2.67. The fourth-order valence-corrected chi connectivity index (χ4v) is 12.0. The first-order valence-electron chi connectivity index (χ1n) is 28.1. The third kappa shape index (κ3) is 11.8. The van der Waals surface area contributed by atoms with Crippen LogP contribution in [-0.2, 0) is 14.2 Å². The number of amides is 5. The van der Waals surface area contributed by atoms with Crippen molar-refractivity contribution < 1.29 is 38.2 Å². The topological polar surface area (TPSA) is 253 Å². The first-order chi connectivity index (χ1) is 38.9. The number of carbonyl (C=O) groups excluding carboxylic acids is 5. The van der Waals surface area contributed by atoms with Crippen LogP contribution < -0.4 is 16.0 Å². The molecule has 4 atom stereocenters. The molecule has 0 aromatic carbocycles. The number of pyridine rings is 2. The van der Waals surface area contributed by atoms with Crippen LogP contribution in [0.3, 0.4) is 0 Å². The molecule has 4 bridgehead atoms. The number of anilines is 4. The number of ether oxygens (including phenoxy) is 3. The molecule has 24 heteroatoms. The van der Waals surface area contributed by atoms with E-state index in [4.69, 9.17) is 24.2 Å². The summed E-state index contributed by atoms with van der Waals surface area (Å²) in [6, 6.07) is 11.0. The molecule has 0 spiro atoms. The Morgan fingerprint density at radius 1 is 0.580 bits per heavy atom. The first kappa shape index (κ1) is 55.1. The zero-order valence-electron chi connectivity index (χ0n) is 47.1. The Morgan fingerprint density at radius 2 is 1.01 bits per heavy atom. The van der Waals surface area contributed by atoms with Gasteiger partial charge in [-0.2, -0.15) is 9.97 Å². The van der Waals surface area contributed by atoms with Crippen molar-refractivity contribution in [2.75, 3.05) is 91.4 Å². The van der Waals surface area contributed by atoms with Crippen LogP contribution in [0.1, 0.15) is 126 Å². The normalized spacial score (nSPS) is 21.1. The predicted octanol–water partition coefficient (Wildman–Crippen LogP) is 6.05. The SMILES string of the molecule is CN(C)C(=O)c1cc2cnc(Nc3ccc(C(=O)N4CC5COCC(C4)N5)cn3)nc2n1C1CCCC1.CN(C)C(=O)c1cc2cnc(Nc3ccc(C(=O)N4CC5COCC(C4)N5C(=O)OC(C)(C)C)cn3)nc2n1C1CCCC1. The summed E-state index contributed by atoms with van der Waals surface area (Å²) in [6.07, 6.45) is 14.8. The van der Waals surface area contributed by atoms with Crippen molar-refractivity contribution in [2.24, 2.45) is 0 Å². The minimum Gasteiger partial charge on any atom is -0.444 e. The van der Waals surface area contributed by atoms with Gasteiger partial charge in [0.05, 0.1) is 49.6 Å². The smallest absolute Gasteiger partial charge is 0.411 e. The average Bonchev–Trinajstić information content (AvgIpc) is 4.42. The van der Waals surface area contributed by atoms with Crippen molar-refractivity contribution >= 4 is 75.3 Å². The molecule has 6 aliphatic rings. The third-order valence-electron chi connectivity index (χ3n) is 15.7. The van der Waals surface area contributed by atoms with Gasteiger partial charge in [0, 0.05) is 114 Å². The zero-order valence-corrected chi connectivity index (χ0v) is 47.1. The van der Waals surface area contributed by atoms with Gasteiger partial charge in [0.2, 0.25) is 11.9 Å². The second-order valence-corrected chi connectivity index (χ2v) is 23.4. The molecule has 24 nitrogen and oxygen atoms in total. The van der Waals surface area contributed by atoms with Gasteiger partial charge in [0.15, 0.2) is 0 Å². The van der Waals surface area contributed by atoms with Crippen molar-refractivity contribution in [1.82, 2.24) is 68.9 Å². The molecule has 5 amide bonds. The fraction of sp³-hybridized carbons (Fsp3) is 0.526. The Balaban J connectivity index is 0.000000173. The lowest BCUT2D eigenvalue weighted by Gasteiger charge is -2.49. The van der Waals surface area contributed by atoms with Gasteiger partial charge in [-0.05, 0) is 82.9 Å². The van der Waals surface area contributed by atoms with E-state index in [-0.39, 0.29) is 66.0 Å². The molecule has 81 heavy (non-hydrogen) atoms.